The average molecular weight is 498 g/mol. The Hall–Kier alpha value is -3.77. The first-order valence-corrected chi connectivity index (χ1v) is 13.0. The van der Waals surface area contributed by atoms with Crippen molar-refractivity contribution < 1.29 is 14.2 Å². The van der Waals surface area contributed by atoms with Gasteiger partial charge in [-0.1, -0.05) is 6.42 Å². The highest BCUT2D eigenvalue weighted by Crippen LogP contribution is 2.35. The van der Waals surface area contributed by atoms with Gasteiger partial charge in [0.25, 0.3) is 0 Å². The van der Waals surface area contributed by atoms with Gasteiger partial charge in [0.15, 0.2) is 0 Å². The van der Waals surface area contributed by atoms with Crippen molar-refractivity contribution in [3.8, 4) is 45.5 Å². The number of piperidine rings is 1. The zero-order valence-corrected chi connectivity index (χ0v) is 21.9. The summed E-state index contributed by atoms with van der Waals surface area (Å²) in [6.45, 7) is 6.20. The molecular formula is C31H35N3O3. The van der Waals surface area contributed by atoms with Gasteiger partial charge >= 0.3 is 0 Å². The lowest BCUT2D eigenvalue weighted by molar-refractivity contribution is 0.183. The van der Waals surface area contributed by atoms with Crippen LogP contribution < -0.4 is 14.2 Å². The van der Waals surface area contributed by atoms with Gasteiger partial charge in [0.1, 0.15) is 23.9 Å². The van der Waals surface area contributed by atoms with E-state index in [-0.39, 0.29) is 0 Å². The van der Waals surface area contributed by atoms with Crippen LogP contribution in [0, 0.1) is 6.92 Å². The van der Waals surface area contributed by atoms with Crippen LogP contribution in [0.5, 0.6) is 17.2 Å². The van der Waals surface area contributed by atoms with Gasteiger partial charge in [-0.05, 0) is 106 Å². The molecule has 37 heavy (non-hydrogen) atoms. The van der Waals surface area contributed by atoms with Gasteiger partial charge in [0, 0.05) is 23.2 Å². The first-order valence-electron chi connectivity index (χ1n) is 13.0. The highest BCUT2D eigenvalue weighted by atomic mass is 16.5. The highest BCUT2D eigenvalue weighted by molar-refractivity contribution is 5.76. The molecule has 2 heterocycles. The lowest BCUT2D eigenvalue weighted by Crippen LogP contribution is -2.33. The van der Waals surface area contributed by atoms with Gasteiger partial charge in [0.2, 0.25) is 0 Å². The van der Waals surface area contributed by atoms with Crippen molar-refractivity contribution in [3.05, 3.63) is 78.4 Å². The SMILES string of the molecule is COc1ccc(-c2nn(-c3ccc(OC)cc3)c(-c3ccc(OCCN4CCCCC4)cc3)c2C)cc1. The standard InChI is InChI=1S/C31H35N3O3/c1-23-30(24-7-13-27(35-2)14-8-24)32-34(26-11-17-28(36-3)18-12-26)31(23)25-9-15-29(16-10-25)37-22-21-33-19-5-4-6-20-33/h7-18H,4-6,19-22H2,1-3H3. The molecule has 192 valence electrons. The van der Waals surface area contributed by atoms with Gasteiger partial charge in [-0.25, -0.2) is 4.68 Å². The molecule has 1 aromatic heterocycles. The lowest BCUT2D eigenvalue weighted by Gasteiger charge is -2.26. The van der Waals surface area contributed by atoms with Crippen LogP contribution >= 0.6 is 0 Å². The van der Waals surface area contributed by atoms with Crippen LogP contribution in [0.25, 0.3) is 28.2 Å². The van der Waals surface area contributed by atoms with E-state index in [4.69, 9.17) is 19.3 Å². The van der Waals surface area contributed by atoms with Crippen LogP contribution in [0.1, 0.15) is 24.8 Å². The smallest absolute Gasteiger partial charge is 0.119 e. The van der Waals surface area contributed by atoms with E-state index in [0.717, 1.165) is 57.6 Å². The summed E-state index contributed by atoms with van der Waals surface area (Å²) < 4.78 is 18.8. The Morgan fingerprint density at radius 3 is 1.89 bits per heavy atom. The van der Waals surface area contributed by atoms with E-state index in [0.29, 0.717) is 6.61 Å². The summed E-state index contributed by atoms with van der Waals surface area (Å²) in [5.74, 6) is 2.53. The van der Waals surface area contributed by atoms with E-state index in [1.807, 2.05) is 41.1 Å². The average Bonchev–Trinajstić information content (AvgIpc) is 3.31. The van der Waals surface area contributed by atoms with Crippen molar-refractivity contribution in [3.63, 3.8) is 0 Å². The Morgan fingerprint density at radius 2 is 1.27 bits per heavy atom. The monoisotopic (exact) mass is 497 g/mol. The third-order valence-electron chi connectivity index (χ3n) is 7.06. The third-order valence-corrected chi connectivity index (χ3v) is 7.06. The van der Waals surface area contributed by atoms with Crippen LogP contribution in [0.3, 0.4) is 0 Å². The number of hydrogen-bond acceptors (Lipinski definition) is 5. The topological polar surface area (TPSA) is 48.8 Å². The van der Waals surface area contributed by atoms with E-state index >= 15 is 0 Å². The van der Waals surface area contributed by atoms with Gasteiger partial charge in [-0.3, -0.25) is 4.90 Å². The second-order valence-electron chi connectivity index (χ2n) is 9.44. The van der Waals surface area contributed by atoms with Gasteiger partial charge in [0.05, 0.1) is 31.3 Å². The Bertz CT molecular complexity index is 1290. The minimum atomic E-state index is 0.712. The fourth-order valence-corrected chi connectivity index (χ4v) is 4.95. The van der Waals surface area contributed by atoms with Crippen LogP contribution in [0.4, 0.5) is 0 Å². The van der Waals surface area contributed by atoms with Crippen molar-refractivity contribution in [1.29, 1.82) is 0 Å². The second kappa shape index (κ2) is 11.5. The van der Waals surface area contributed by atoms with E-state index in [1.165, 1.54) is 32.4 Å². The Kier molecular flexibility index (Phi) is 7.76. The fourth-order valence-electron chi connectivity index (χ4n) is 4.95. The van der Waals surface area contributed by atoms with Crippen molar-refractivity contribution in [1.82, 2.24) is 14.7 Å². The molecule has 0 radical (unpaired) electrons. The van der Waals surface area contributed by atoms with Crippen molar-refractivity contribution >= 4 is 0 Å². The molecule has 0 atom stereocenters. The quantitative estimate of drug-likeness (QED) is 0.268. The normalized spacial score (nSPS) is 13.9. The maximum atomic E-state index is 6.08. The molecule has 0 N–H and O–H groups in total. The van der Waals surface area contributed by atoms with Gasteiger partial charge in [-0.2, -0.15) is 5.10 Å². The highest BCUT2D eigenvalue weighted by Gasteiger charge is 2.19. The molecule has 4 aromatic rings. The molecular weight excluding hydrogens is 462 g/mol. The number of ether oxygens (including phenoxy) is 3. The minimum absolute atomic E-state index is 0.712. The first-order chi connectivity index (χ1) is 18.2. The third kappa shape index (κ3) is 5.65. The number of aromatic nitrogens is 2. The summed E-state index contributed by atoms with van der Waals surface area (Å²) in [5, 5.41) is 5.06. The summed E-state index contributed by atoms with van der Waals surface area (Å²) in [5.41, 5.74) is 6.21. The Balaban J connectivity index is 1.44. The number of rotatable bonds is 9. The zero-order chi connectivity index (χ0) is 25.6. The predicted molar refractivity (Wildman–Crippen MR) is 148 cm³/mol. The number of likely N-dealkylation sites (tertiary alicyclic amines) is 1. The molecule has 1 saturated heterocycles. The van der Waals surface area contributed by atoms with Crippen LogP contribution in [0.2, 0.25) is 0 Å². The van der Waals surface area contributed by atoms with E-state index in [1.54, 1.807) is 14.2 Å². The van der Waals surface area contributed by atoms with Gasteiger partial charge in [-0.15, -0.1) is 0 Å². The molecule has 0 aliphatic carbocycles. The Labute approximate surface area is 219 Å². The molecule has 5 rings (SSSR count). The maximum absolute atomic E-state index is 6.08. The zero-order valence-electron chi connectivity index (χ0n) is 21.9. The molecule has 1 fully saturated rings. The fraction of sp³-hybridized carbons (Fsp3) is 0.323. The summed E-state index contributed by atoms with van der Waals surface area (Å²) in [7, 11) is 3.36. The second-order valence-corrected chi connectivity index (χ2v) is 9.44. The van der Waals surface area contributed by atoms with E-state index < -0.39 is 0 Å². The molecule has 0 bridgehead atoms. The van der Waals surface area contributed by atoms with Gasteiger partial charge < -0.3 is 14.2 Å². The molecule has 1 aliphatic heterocycles. The maximum Gasteiger partial charge on any atom is 0.119 e. The van der Waals surface area contributed by atoms with Crippen molar-refractivity contribution in [2.24, 2.45) is 0 Å². The van der Waals surface area contributed by atoms with E-state index in [9.17, 15) is 0 Å². The molecule has 6 heteroatoms. The molecule has 3 aromatic carbocycles. The number of benzene rings is 3. The number of methoxy groups -OCH3 is 2. The molecule has 0 spiro atoms. The molecule has 6 nitrogen and oxygen atoms in total. The summed E-state index contributed by atoms with van der Waals surface area (Å²) in [6, 6.07) is 24.4. The predicted octanol–water partition coefficient (Wildman–Crippen LogP) is 6.40. The molecule has 0 unspecified atom stereocenters. The Morgan fingerprint density at radius 1 is 0.703 bits per heavy atom. The summed E-state index contributed by atoms with van der Waals surface area (Å²) >= 11 is 0. The van der Waals surface area contributed by atoms with Crippen LogP contribution in [-0.2, 0) is 0 Å². The largest absolute Gasteiger partial charge is 0.497 e. The van der Waals surface area contributed by atoms with Crippen LogP contribution in [-0.4, -0.2) is 55.1 Å². The molecule has 0 amide bonds. The minimum Gasteiger partial charge on any atom is -0.497 e. The van der Waals surface area contributed by atoms with Crippen molar-refractivity contribution in [2.45, 2.75) is 26.2 Å². The van der Waals surface area contributed by atoms with Crippen molar-refractivity contribution in [2.75, 3.05) is 40.5 Å². The van der Waals surface area contributed by atoms with E-state index in [2.05, 4.69) is 48.2 Å². The summed E-state index contributed by atoms with van der Waals surface area (Å²) in [4.78, 5) is 2.50. The number of nitrogens with zero attached hydrogens (tertiary/aromatic N) is 3. The van der Waals surface area contributed by atoms with Crippen LogP contribution in [0.15, 0.2) is 72.8 Å². The lowest BCUT2D eigenvalue weighted by atomic mass is 10.0. The first kappa shape index (κ1) is 24.9. The molecule has 0 saturated carbocycles. The number of hydrogen-bond donors (Lipinski definition) is 0. The molecule has 1 aliphatic rings. The summed E-state index contributed by atoms with van der Waals surface area (Å²) in [6.07, 6.45) is 3.95.